The van der Waals surface area contributed by atoms with Crippen LogP contribution in [0.5, 0.6) is 5.75 Å². The van der Waals surface area contributed by atoms with Gasteiger partial charge < -0.3 is 9.84 Å². The topological polar surface area (TPSA) is 29.5 Å². The molecule has 0 saturated heterocycles. The van der Waals surface area contributed by atoms with Crippen molar-refractivity contribution in [1.82, 2.24) is 0 Å². The molecule has 0 bridgehead atoms. The summed E-state index contributed by atoms with van der Waals surface area (Å²) < 4.78 is 45.6. The van der Waals surface area contributed by atoms with E-state index < -0.39 is 29.1 Å². The van der Waals surface area contributed by atoms with Crippen molar-refractivity contribution in [3.8, 4) is 5.75 Å². The van der Waals surface area contributed by atoms with Crippen molar-refractivity contribution < 1.29 is 23.0 Å². The van der Waals surface area contributed by atoms with Gasteiger partial charge in [-0.05, 0) is 24.3 Å². The summed E-state index contributed by atoms with van der Waals surface area (Å²) in [5.41, 5.74) is -0.795. The predicted octanol–water partition coefficient (Wildman–Crippen LogP) is 3.19. The number of hydrogen-bond donors (Lipinski definition) is 1. The molecule has 2 rings (SSSR count). The maximum absolute atomic E-state index is 13.8. The van der Waals surface area contributed by atoms with E-state index in [1.54, 1.807) is 0 Å². The lowest BCUT2D eigenvalue weighted by Gasteiger charge is -2.14. The molecule has 0 amide bonds. The maximum Gasteiger partial charge on any atom is 0.133 e. The smallest absolute Gasteiger partial charge is 0.133 e. The molecule has 0 radical (unpaired) electrons. The number of hydrogen-bond acceptors (Lipinski definition) is 2. The van der Waals surface area contributed by atoms with Gasteiger partial charge in [-0.25, -0.2) is 13.2 Å². The monoisotopic (exact) mass is 268 g/mol. The number of benzene rings is 2. The van der Waals surface area contributed by atoms with Crippen molar-refractivity contribution in [1.29, 1.82) is 0 Å². The zero-order chi connectivity index (χ0) is 14.0. The summed E-state index contributed by atoms with van der Waals surface area (Å²) in [6.07, 6.45) is -1.72. The summed E-state index contributed by atoms with van der Waals surface area (Å²) >= 11 is 0. The molecular weight excluding hydrogens is 257 g/mol. The van der Waals surface area contributed by atoms with E-state index in [-0.39, 0.29) is 11.3 Å². The fourth-order valence-corrected chi connectivity index (χ4v) is 1.78. The first-order valence-corrected chi connectivity index (χ1v) is 5.50. The Bertz CT molecular complexity index is 579. The highest BCUT2D eigenvalue weighted by molar-refractivity contribution is 5.36. The number of ether oxygens (including phenoxy) is 1. The molecule has 0 heterocycles. The highest BCUT2D eigenvalue weighted by Crippen LogP contribution is 2.30. The highest BCUT2D eigenvalue weighted by atomic mass is 19.1. The van der Waals surface area contributed by atoms with E-state index in [1.807, 2.05) is 0 Å². The molecular formula is C14H11F3O2. The van der Waals surface area contributed by atoms with E-state index in [0.29, 0.717) is 0 Å². The SMILES string of the molecule is COc1ccc(C(O)c2c(F)cccc2F)c(F)c1. The van der Waals surface area contributed by atoms with E-state index in [9.17, 15) is 18.3 Å². The van der Waals surface area contributed by atoms with Crippen LogP contribution in [-0.2, 0) is 0 Å². The Balaban J connectivity index is 2.47. The van der Waals surface area contributed by atoms with Crippen LogP contribution in [0.4, 0.5) is 13.2 Å². The molecule has 2 nitrogen and oxygen atoms in total. The summed E-state index contributed by atoms with van der Waals surface area (Å²) in [4.78, 5) is 0. The van der Waals surface area contributed by atoms with E-state index in [0.717, 1.165) is 18.2 Å². The molecule has 0 aromatic heterocycles. The Morgan fingerprint density at radius 2 is 1.63 bits per heavy atom. The molecule has 2 aromatic carbocycles. The zero-order valence-corrected chi connectivity index (χ0v) is 10.0. The van der Waals surface area contributed by atoms with Crippen molar-refractivity contribution in [3.05, 3.63) is 65.0 Å². The molecule has 2 aromatic rings. The van der Waals surface area contributed by atoms with Gasteiger partial charge >= 0.3 is 0 Å². The molecule has 1 unspecified atom stereocenters. The molecule has 5 heteroatoms. The van der Waals surface area contributed by atoms with Crippen LogP contribution < -0.4 is 4.74 Å². The molecule has 0 aliphatic carbocycles. The van der Waals surface area contributed by atoms with Gasteiger partial charge in [0.05, 0.1) is 12.7 Å². The summed E-state index contributed by atoms with van der Waals surface area (Å²) in [5, 5.41) is 9.94. The van der Waals surface area contributed by atoms with Crippen molar-refractivity contribution in [2.24, 2.45) is 0 Å². The second-order valence-electron chi connectivity index (χ2n) is 3.93. The first-order chi connectivity index (χ1) is 9.04. The van der Waals surface area contributed by atoms with Crippen LogP contribution in [0.1, 0.15) is 17.2 Å². The largest absolute Gasteiger partial charge is 0.497 e. The van der Waals surface area contributed by atoms with Crippen LogP contribution in [-0.4, -0.2) is 12.2 Å². The second-order valence-corrected chi connectivity index (χ2v) is 3.93. The van der Waals surface area contributed by atoms with Crippen LogP contribution in [0.3, 0.4) is 0 Å². The minimum atomic E-state index is -1.72. The molecule has 0 spiro atoms. The number of methoxy groups -OCH3 is 1. The first kappa shape index (κ1) is 13.4. The number of halogens is 3. The zero-order valence-electron chi connectivity index (χ0n) is 10.0. The molecule has 19 heavy (non-hydrogen) atoms. The van der Waals surface area contributed by atoms with Crippen LogP contribution in [0, 0.1) is 17.5 Å². The third kappa shape index (κ3) is 2.56. The van der Waals surface area contributed by atoms with Crippen molar-refractivity contribution in [2.45, 2.75) is 6.10 Å². The fourth-order valence-electron chi connectivity index (χ4n) is 1.78. The lowest BCUT2D eigenvalue weighted by Crippen LogP contribution is -2.07. The first-order valence-electron chi connectivity index (χ1n) is 5.50. The van der Waals surface area contributed by atoms with Gasteiger partial charge in [0, 0.05) is 11.6 Å². The van der Waals surface area contributed by atoms with E-state index in [1.165, 1.54) is 25.3 Å². The maximum atomic E-state index is 13.8. The second kappa shape index (κ2) is 5.32. The van der Waals surface area contributed by atoms with Crippen molar-refractivity contribution in [3.63, 3.8) is 0 Å². The Morgan fingerprint density at radius 1 is 1.00 bits per heavy atom. The molecule has 1 N–H and O–H groups in total. The molecule has 0 aliphatic heterocycles. The molecule has 0 aliphatic rings. The lowest BCUT2D eigenvalue weighted by atomic mass is 10.00. The van der Waals surface area contributed by atoms with Crippen LogP contribution >= 0.6 is 0 Å². The van der Waals surface area contributed by atoms with Crippen LogP contribution in [0.2, 0.25) is 0 Å². The standard InChI is InChI=1S/C14H11F3O2/c1-19-8-5-6-9(12(17)7-8)14(18)13-10(15)3-2-4-11(13)16/h2-7,14,18H,1H3. The number of aliphatic hydroxyl groups excluding tert-OH is 1. The van der Waals surface area contributed by atoms with Gasteiger partial charge in [0.15, 0.2) is 0 Å². The van der Waals surface area contributed by atoms with E-state index >= 15 is 0 Å². The predicted molar refractivity (Wildman–Crippen MR) is 63.4 cm³/mol. The van der Waals surface area contributed by atoms with E-state index in [4.69, 9.17) is 4.74 Å². The third-order valence-corrected chi connectivity index (χ3v) is 2.78. The normalized spacial score (nSPS) is 12.3. The molecule has 100 valence electrons. The third-order valence-electron chi connectivity index (χ3n) is 2.78. The summed E-state index contributed by atoms with van der Waals surface area (Å²) in [7, 11) is 1.36. The number of rotatable bonds is 3. The van der Waals surface area contributed by atoms with Crippen LogP contribution in [0.15, 0.2) is 36.4 Å². The molecule has 0 fully saturated rings. The molecule has 1 atom stereocenters. The quantitative estimate of drug-likeness (QED) is 0.926. The fraction of sp³-hybridized carbons (Fsp3) is 0.143. The van der Waals surface area contributed by atoms with Crippen LogP contribution in [0.25, 0.3) is 0 Å². The summed E-state index contributed by atoms with van der Waals surface area (Å²) in [5.74, 6) is -2.40. The average molecular weight is 268 g/mol. The lowest BCUT2D eigenvalue weighted by molar-refractivity contribution is 0.204. The van der Waals surface area contributed by atoms with Crippen molar-refractivity contribution in [2.75, 3.05) is 7.11 Å². The van der Waals surface area contributed by atoms with Gasteiger partial charge in [0.2, 0.25) is 0 Å². The van der Waals surface area contributed by atoms with Gasteiger partial charge in [0.1, 0.15) is 29.3 Å². The minimum Gasteiger partial charge on any atom is -0.497 e. The van der Waals surface area contributed by atoms with Gasteiger partial charge in [-0.3, -0.25) is 0 Å². The van der Waals surface area contributed by atoms with E-state index in [2.05, 4.69) is 0 Å². The number of aliphatic hydroxyl groups is 1. The summed E-state index contributed by atoms with van der Waals surface area (Å²) in [6, 6.07) is 6.85. The highest BCUT2D eigenvalue weighted by Gasteiger charge is 2.22. The van der Waals surface area contributed by atoms with Gasteiger partial charge in [-0.1, -0.05) is 6.07 Å². The summed E-state index contributed by atoms with van der Waals surface area (Å²) in [6.45, 7) is 0. The minimum absolute atomic E-state index is 0.218. The Kier molecular flexibility index (Phi) is 3.76. The average Bonchev–Trinajstić information content (AvgIpc) is 2.38. The molecule has 0 saturated carbocycles. The Hall–Kier alpha value is -2.01. The Labute approximate surface area is 108 Å². The van der Waals surface area contributed by atoms with Gasteiger partial charge in [0.25, 0.3) is 0 Å². The van der Waals surface area contributed by atoms with Gasteiger partial charge in [-0.2, -0.15) is 0 Å². The Morgan fingerprint density at radius 3 is 2.16 bits per heavy atom. The van der Waals surface area contributed by atoms with Gasteiger partial charge in [-0.15, -0.1) is 0 Å². The van der Waals surface area contributed by atoms with Crippen molar-refractivity contribution >= 4 is 0 Å².